The SMILES string of the molecule is Cc1ccc(-n2c(SCc3ccc4c(c3)OCO4)nc3nc4c(cc3c2=O)COC(C)(C)C4)cc1. The van der Waals surface area contributed by atoms with Crippen molar-refractivity contribution in [2.24, 2.45) is 0 Å². The summed E-state index contributed by atoms with van der Waals surface area (Å²) in [6, 6.07) is 15.7. The highest BCUT2D eigenvalue weighted by atomic mass is 32.2. The van der Waals surface area contributed by atoms with Crippen LogP contribution >= 0.6 is 11.8 Å². The van der Waals surface area contributed by atoms with Gasteiger partial charge < -0.3 is 14.2 Å². The van der Waals surface area contributed by atoms with Crippen molar-refractivity contribution in [2.45, 2.75) is 50.3 Å². The van der Waals surface area contributed by atoms with Gasteiger partial charge in [-0.05, 0) is 56.7 Å². The van der Waals surface area contributed by atoms with Gasteiger partial charge in [-0.2, -0.15) is 0 Å². The zero-order valence-corrected chi connectivity index (χ0v) is 20.6. The Morgan fingerprint density at radius 3 is 2.66 bits per heavy atom. The second-order valence-corrected chi connectivity index (χ2v) is 10.5. The van der Waals surface area contributed by atoms with Crippen LogP contribution < -0.4 is 15.0 Å². The lowest BCUT2D eigenvalue weighted by Gasteiger charge is -2.31. The first kappa shape index (κ1) is 22.1. The van der Waals surface area contributed by atoms with Crippen molar-refractivity contribution in [3.05, 3.63) is 81.3 Å². The largest absolute Gasteiger partial charge is 0.454 e. The number of pyridine rings is 1. The van der Waals surface area contributed by atoms with E-state index in [1.165, 1.54) is 11.8 Å². The Kier molecular flexibility index (Phi) is 5.30. The number of benzene rings is 2. The molecule has 7 nitrogen and oxygen atoms in total. The number of thioether (sulfide) groups is 1. The van der Waals surface area contributed by atoms with Gasteiger partial charge in [0.2, 0.25) is 6.79 Å². The van der Waals surface area contributed by atoms with Crippen LogP contribution in [0, 0.1) is 6.92 Å². The molecule has 6 rings (SSSR count). The zero-order valence-electron chi connectivity index (χ0n) is 19.8. The van der Waals surface area contributed by atoms with Crippen molar-refractivity contribution < 1.29 is 14.2 Å². The van der Waals surface area contributed by atoms with Crippen LogP contribution in [-0.2, 0) is 23.5 Å². The van der Waals surface area contributed by atoms with Gasteiger partial charge in [0.15, 0.2) is 22.3 Å². The molecule has 0 radical (unpaired) electrons. The van der Waals surface area contributed by atoms with E-state index in [-0.39, 0.29) is 18.0 Å². The lowest BCUT2D eigenvalue weighted by molar-refractivity contribution is -0.0411. The van der Waals surface area contributed by atoms with Crippen LogP contribution in [0.15, 0.2) is 58.5 Å². The lowest BCUT2D eigenvalue weighted by Crippen LogP contribution is -2.33. The Bertz CT molecular complexity index is 1510. The van der Waals surface area contributed by atoms with Gasteiger partial charge in [0, 0.05) is 17.7 Å². The molecule has 2 aromatic carbocycles. The van der Waals surface area contributed by atoms with E-state index >= 15 is 0 Å². The molecule has 2 aliphatic heterocycles. The fourth-order valence-corrected chi connectivity index (χ4v) is 5.32. The van der Waals surface area contributed by atoms with Crippen LogP contribution in [0.4, 0.5) is 0 Å². The summed E-state index contributed by atoms with van der Waals surface area (Å²) in [5.41, 5.74) is 4.91. The standard InChI is InChI=1S/C27H25N3O4S/c1-16-4-7-19(8-5-16)30-25(31)20-11-18-13-34-27(2,3)12-21(18)28-24(20)29-26(30)35-14-17-6-9-22-23(10-17)33-15-32-22/h4-11H,12-15H2,1-3H3. The topological polar surface area (TPSA) is 75.5 Å². The van der Waals surface area contributed by atoms with Crippen LogP contribution in [-0.4, -0.2) is 26.9 Å². The Morgan fingerprint density at radius 2 is 1.83 bits per heavy atom. The molecule has 0 fully saturated rings. The van der Waals surface area contributed by atoms with Gasteiger partial charge >= 0.3 is 0 Å². The Balaban J connectivity index is 1.45. The second-order valence-electron chi connectivity index (χ2n) is 9.54. The predicted molar refractivity (Wildman–Crippen MR) is 135 cm³/mol. The van der Waals surface area contributed by atoms with Gasteiger partial charge in [-0.15, -0.1) is 0 Å². The molecule has 0 N–H and O–H groups in total. The van der Waals surface area contributed by atoms with Crippen LogP contribution in [0.1, 0.15) is 36.2 Å². The van der Waals surface area contributed by atoms with E-state index in [0.29, 0.717) is 35.0 Å². The average Bonchev–Trinajstić information content (AvgIpc) is 3.30. The second kappa shape index (κ2) is 8.39. The lowest BCUT2D eigenvalue weighted by atomic mass is 9.95. The molecule has 2 aliphatic rings. The minimum Gasteiger partial charge on any atom is -0.454 e. The fourth-order valence-electron chi connectivity index (χ4n) is 4.37. The van der Waals surface area contributed by atoms with E-state index in [1.54, 1.807) is 4.57 Å². The van der Waals surface area contributed by atoms with E-state index in [9.17, 15) is 4.79 Å². The highest BCUT2D eigenvalue weighted by molar-refractivity contribution is 7.98. The van der Waals surface area contributed by atoms with Gasteiger partial charge in [-0.1, -0.05) is 35.5 Å². The van der Waals surface area contributed by atoms with Crippen LogP contribution in [0.5, 0.6) is 11.5 Å². The van der Waals surface area contributed by atoms with Crippen molar-refractivity contribution in [3.8, 4) is 17.2 Å². The van der Waals surface area contributed by atoms with Crippen molar-refractivity contribution in [3.63, 3.8) is 0 Å². The first-order valence-corrected chi connectivity index (χ1v) is 12.5. The molecule has 178 valence electrons. The maximum atomic E-state index is 13.8. The van der Waals surface area contributed by atoms with E-state index in [1.807, 2.05) is 55.5 Å². The Labute approximate surface area is 207 Å². The molecule has 0 atom stereocenters. The zero-order chi connectivity index (χ0) is 24.2. The summed E-state index contributed by atoms with van der Waals surface area (Å²) < 4.78 is 18.6. The molecule has 0 saturated heterocycles. The molecular weight excluding hydrogens is 462 g/mol. The molecule has 0 spiro atoms. The first-order valence-electron chi connectivity index (χ1n) is 11.5. The Hall–Kier alpha value is -3.36. The smallest absolute Gasteiger partial charge is 0.268 e. The van der Waals surface area contributed by atoms with Crippen LogP contribution in [0.3, 0.4) is 0 Å². The summed E-state index contributed by atoms with van der Waals surface area (Å²) in [5.74, 6) is 2.11. The maximum absolute atomic E-state index is 13.8. The molecule has 35 heavy (non-hydrogen) atoms. The van der Waals surface area contributed by atoms with Crippen molar-refractivity contribution >= 4 is 22.8 Å². The molecule has 0 amide bonds. The maximum Gasteiger partial charge on any atom is 0.268 e. The number of aryl methyl sites for hydroxylation is 1. The number of hydrogen-bond acceptors (Lipinski definition) is 7. The number of aromatic nitrogens is 3. The number of rotatable bonds is 4. The van der Waals surface area contributed by atoms with E-state index in [2.05, 4.69) is 13.8 Å². The van der Waals surface area contributed by atoms with E-state index in [4.69, 9.17) is 24.2 Å². The first-order chi connectivity index (χ1) is 16.9. The van der Waals surface area contributed by atoms with Gasteiger partial charge in [0.25, 0.3) is 5.56 Å². The minimum absolute atomic E-state index is 0.132. The average molecular weight is 488 g/mol. The fraction of sp³-hybridized carbons (Fsp3) is 0.296. The summed E-state index contributed by atoms with van der Waals surface area (Å²) in [7, 11) is 0. The summed E-state index contributed by atoms with van der Waals surface area (Å²) >= 11 is 1.50. The highest BCUT2D eigenvalue weighted by Gasteiger charge is 2.28. The summed E-state index contributed by atoms with van der Waals surface area (Å²) in [6.45, 7) is 6.81. The quantitative estimate of drug-likeness (QED) is 0.297. The molecule has 0 saturated carbocycles. The summed E-state index contributed by atoms with van der Waals surface area (Å²) in [5, 5.41) is 1.10. The van der Waals surface area contributed by atoms with Crippen molar-refractivity contribution in [2.75, 3.05) is 6.79 Å². The minimum atomic E-state index is -0.290. The molecule has 0 aliphatic carbocycles. The van der Waals surface area contributed by atoms with Gasteiger partial charge in [0.05, 0.1) is 29.0 Å². The van der Waals surface area contributed by atoms with Gasteiger partial charge in [-0.25, -0.2) is 9.97 Å². The molecule has 0 unspecified atom stereocenters. The third-order valence-corrected chi connectivity index (χ3v) is 7.32. The third kappa shape index (κ3) is 4.17. The Morgan fingerprint density at radius 1 is 1.03 bits per heavy atom. The summed E-state index contributed by atoms with van der Waals surface area (Å²) in [6.07, 6.45) is 0.681. The molecule has 4 heterocycles. The number of fused-ring (bicyclic) bond motifs is 3. The molecule has 2 aromatic heterocycles. The molecular formula is C27H25N3O4S. The predicted octanol–water partition coefficient (Wildman–Crippen LogP) is 4.96. The molecule has 0 bridgehead atoms. The summed E-state index contributed by atoms with van der Waals surface area (Å²) in [4.78, 5) is 23.5. The normalized spacial score (nSPS) is 15.9. The number of hydrogen-bond donors (Lipinski definition) is 0. The number of nitrogens with zero attached hydrogens (tertiary/aromatic N) is 3. The monoisotopic (exact) mass is 487 g/mol. The van der Waals surface area contributed by atoms with Crippen LogP contribution in [0.2, 0.25) is 0 Å². The highest BCUT2D eigenvalue weighted by Crippen LogP contribution is 2.35. The van der Waals surface area contributed by atoms with E-state index in [0.717, 1.165) is 39.6 Å². The van der Waals surface area contributed by atoms with Crippen molar-refractivity contribution in [1.29, 1.82) is 0 Å². The van der Waals surface area contributed by atoms with Gasteiger partial charge in [-0.3, -0.25) is 9.36 Å². The third-order valence-electron chi connectivity index (χ3n) is 6.31. The number of ether oxygens (including phenoxy) is 3. The van der Waals surface area contributed by atoms with E-state index < -0.39 is 0 Å². The van der Waals surface area contributed by atoms with Gasteiger partial charge in [0.1, 0.15) is 0 Å². The van der Waals surface area contributed by atoms with Crippen molar-refractivity contribution in [1.82, 2.24) is 14.5 Å². The molecule has 8 heteroatoms. The molecule has 4 aromatic rings. The van der Waals surface area contributed by atoms with Crippen LogP contribution in [0.25, 0.3) is 16.7 Å².